The molecule has 0 radical (unpaired) electrons. The summed E-state index contributed by atoms with van der Waals surface area (Å²) in [4.78, 5) is 27.1. The highest BCUT2D eigenvalue weighted by atomic mass is 16.2. The minimum absolute atomic E-state index is 0.124. The van der Waals surface area contributed by atoms with Gasteiger partial charge in [-0.25, -0.2) is 0 Å². The number of hydrogen-bond donors (Lipinski definition) is 1. The molecule has 1 saturated carbocycles. The molecule has 2 heterocycles. The number of fused-ring (bicyclic) bond motifs is 1. The predicted molar refractivity (Wildman–Crippen MR) is 104 cm³/mol. The van der Waals surface area contributed by atoms with Crippen LogP contribution in [0.25, 0.3) is 0 Å². The van der Waals surface area contributed by atoms with Gasteiger partial charge in [-0.3, -0.25) is 9.59 Å². The van der Waals surface area contributed by atoms with Crippen molar-refractivity contribution in [2.45, 2.75) is 51.6 Å². The zero-order valence-corrected chi connectivity index (χ0v) is 16.1. The van der Waals surface area contributed by atoms with Crippen molar-refractivity contribution in [1.29, 1.82) is 0 Å². The molecule has 148 valence electrons. The van der Waals surface area contributed by atoms with Crippen molar-refractivity contribution < 1.29 is 9.59 Å². The SMILES string of the molecule is O=C(NCc1nnc2n1CCN(C(=O)C1CCCCC1)CC2)c1ccccc1. The first-order chi connectivity index (χ1) is 13.7. The van der Waals surface area contributed by atoms with Gasteiger partial charge in [0.2, 0.25) is 5.91 Å². The van der Waals surface area contributed by atoms with Crippen molar-refractivity contribution in [2.75, 3.05) is 13.1 Å². The highest BCUT2D eigenvalue weighted by Crippen LogP contribution is 2.26. The number of nitrogens with one attached hydrogen (secondary N) is 1. The molecule has 1 aromatic carbocycles. The Morgan fingerprint density at radius 2 is 1.79 bits per heavy atom. The van der Waals surface area contributed by atoms with Crippen LogP contribution in [0.1, 0.15) is 54.1 Å². The van der Waals surface area contributed by atoms with Crippen molar-refractivity contribution in [2.24, 2.45) is 5.92 Å². The quantitative estimate of drug-likeness (QED) is 0.880. The summed E-state index contributed by atoms with van der Waals surface area (Å²) in [6.07, 6.45) is 6.35. The molecule has 0 atom stereocenters. The zero-order valence-electron chi connectivity index (χ0n) is 16.1. The topological polar surface area (TPSA) is 80.1 Å². The van der Waals surface area contributed by atoms with Gasteiger partial charge in [-0.15, -0.1) is 10.2 Å². The van der Waals surface area contributed by atoms with Crippen molar-refractivity contribution in [3.63, 3.8) is 0 Å². The van der Waals surface area contributed by atoms with Crippen molar-refractivity contribution >= 4 is 11.8 Å². The second-order valence-electron chi connectivity index (χ2n) is 7.64. The van der Waals surface area contributed by atoms with Gasteiger partial charge in [-0.05, 0) is 25.0 Å². The van der Waals surface area contributed by atoms with Gasteiger partial charge in [0.1, 0.15) is 5.82 Å². The summed E-state index contributed by atoms with van der Waals surface area (Å²) in [7, 11) is 0. The van der Waals surface area contributed by atoms with E-state index in [1.165, 1.54) is 19.3 Å². The van der Waals surface area contributed by atoms with E-state index >= 15 is 0 Å². The normalized spacial score (nSPS) is 17.6. The van der Waals surface area contributed by atoms with Crippen LogP contribution in [0.15, 0.2) is 30.3 Å². The molecular formula is C21H27N5O2. The lowest BCUT2D eigenvalue weighted by atomic mass is 9.88. The number of carbonyl (C=O) groups excluding carboxylic acids is 2. The lowest BCUT2D eigenvalue weighted by molar-refractivity contribution is -0.136. The molecule has 2 amide bonds. The van der Waals surface area contributed by atoms with Gasteiger partial charge in [0.25, 0.3) is 5.91 Å². The number of benzene rings is 1. The molecule has 1 aliphatic carbocycles. The predicted octanol–water partition coefficient (Wildman–Crippen LogP) is 2.17. The van der Waals surface area contributed by atoms with E-state index in [0.717, 1.165) is 24.5 Å². The molecule has 0 saturated heterocycles. The maximum atomic E-state index is 12.9. The Kier molecular flexibility index (Phi) is 5.69. The minimum atomic E-state index is -0.124. The van der Waals surface area contributed by atoms with Crippen molar-refractivity contribution in [3.05, 3.63) is 47.5 Å². The van der Waals surface area contributed by atoms with Crippen LogP contribution in [0.2, 0.25) is 0 Å². The highest BCUT2D eigenvalue weighted by Gasteiger charge is 2.28. The van der Waals surface area contributed by atoms with Crippen LogP contribution in [-0.4, -0.2) is 44.6 Å². The van der Waals surface area contributed by atoms with Crippen LogP contribution < -0.4 is 5.32 Å². The van der Waals surface area contributed by atoms with E-state index in [2.05, 4.69) is 20.1 Å². The molecule has 4 rings (SSSR count). The van der Waals surface area contributed by atoms with E-state index in [0.29, 0.717) is 44.1 Å². The summed E-state index contributed by atoms with van der Waals surface area (Å²) in [5.41, 5.74) is 0.627. The van der Waals surface area contributed by atoms with Crippen LogP contribution in [0.3, 0.4) is 0 Å². The number of rotatable bonds is 4. The zero-order chi connectivity index (χ0) is 19.3. The van der Waals surface area contributed by atoms with Gasteiger partial charge >= 0.3 is 0 Å². The van der Waals surface area contributed by atoms with Crippen LogP contribution in [-0.2, 0) is 24.3 Å². The largest absolute Gasteiger partial charge is 0.345 e. The Morgan fingerprint density at radius 1 is 1.00 bits per heavy atom. The molecule has 0 spiro atoms. The van der Waals surface area contributed by atoms with E-state index in [9.17, 15) is 9.59 Å². The number of hydrogen-bond acceptors (Lipinski definition) is 4. The Morgan fingerprint density at radius 3 is 2.57 bits per heavy atom. The van der Waals surface area contributed by atoms with Crippen LogP contribution >= 0.6 is 0 Å². The Balaban J connectivity index is 1.37. The smallest absolute Gasteiger partial charge is 0.251 e. The molecule has 7 heteroatoms. The molecule has 1 aromatic heterocycles. The molecule has 28 heavy (non-hydrogen) atoms. The van der Waals surface area contributed by atoms with Gasteiger partial charge in [0.05, 0.1) is 6.54 Å². The number of aromatic nitrogens is 3. The third kappa shape index (κ3) is 4.08. The van der Waals surface area contributed by atoms with E-state index in [4.69, 9.17) is 0 Å². The second-order valence-corrected chi connectivity index (χ2v) is 7.64. The summed E-state index contributed by atoms with van der Waals surface area (Å²) in [6, 6.07) is 9.14. The summed E-state index contributed by atoms with van der Waals surface area (Å²) < 4.78 is 2.05. The molecule has 1 aliphatic heterocycles. The first kappa shape index (κ1) is 18.7. The van der Waals surface area contributed by atoms with Crippen molar-refractivity contribution in [3.8, 4) is 0 Å². The molecule has 0 bridgehead atoms. The third-order valence-corrected chi connectivity index (χ3v) is 5.81. The van der Waals surface area contributed by atoms with Gasteiger partial charge < -0.3 is 14.8 Å². The maximum Gasteiger partial charge on any atom is 0.251 e. The fourth-order valence-corrected chi connectivity index (χ4v) is 4.19. The third-order valence-electron chi connectivity index (χ3n) is 5.81. The van der Waals surface area contributed by atoms with E-state index in [1.54, 1.807) is 12.1 Å². The summed E-state index contributed by atoms with van der Waals surface area (Å²) in [6.45, 7) is 2.39. The summed E-state index contributed by atoms with van der Waals surface area (Å²) in [5.74, 6) is 2.01. The number of carbonyl (C=O) groups is 2. The molecule has 2 aliphatic rings. The average Bonchev–Trinajstić information content (AvgIpc) is 3.02. The van der Waals surface area contributed by atoms with Crippen LogP contribution in [0.5, 0.6) is 0 Å². The first-order valence-corrected chi connectivity index (χ1v) is 10.3. The maximum absolute atomic E-state index is 12.9. The van der Waals surface area contributed by atoms with Crippen LogP contribution in [0.4, 0.5) is 0 Å². The summed E-state index contributed by atoms with van der Waals surface area (Å²) in [5, 5.41) is 11.5. The molecular weight excluding hydrogens is 354 g/mol. The number of nitrogens with zero attached hydrogens (tertiary/aromatic N) is 4. The monoisotopic (exact) mass is 381 g/mol. The lowest BCUT2D eigenvalue weighted by Crippen LogP contribution is -2.39. The Bertz CT molecular complexity index is 827. The Labute approximate surface area is 165 Å². The molecule has 1 fully saturated rings. The van der Waals surface area contributed by atoms with Gasteiger partial charge in [0.15, 0.2) is 5.82 Å². The Hall–Kier alpha value is -2.70. The van der Waals surface area contributed by atoms with Gasteiger partial charge in [0, 0.05) is 37.5 Å². The molecule has 7 nitrogen and oxygen atoms in total. The van der Waals surface area contributed by atoms with Gasteiger partial charge in [-0.1, -0.05) is 37.5 Å². The molecule has 1 N–H and O–H groups in total. The van der Waals surface area contributed by atoms with E-state index in [1.807, 2.05) is 23.1 Å². The van der Waals surface area contributed by atoms with Crippen LogP contribution in [0, 0.1) is 5.92 Å². The fourth-order valence-electron chi connectivity index (χ4n) is 4.19. The fraction of sp³-hybridized carbons (Fsp3) is 0.524. The molecule has 0 unspecified atom stereocenters. The highest BCUT2D eigenvalue weighted by molar-refractivity contribution is 5.94. The minimum Gasteiger partial charge on any atom is -0.345 e. The lowest BCUT2D eigenvalue weighted by Gasteiger charge is -2.28. The van der Waals surface area contributed by atoms with Gasteiger partial charge in [-0.2, -0.15) is 0 Å². The van der Waals surface area contributed by atoms with E-state index < -0.39 is 0 Å². The average molecular weight is 381 g/mol. The summed E-state index contributed by atoms with van der Waals surface area (Å²) >= 11 is 0. The standard InChI is InChI=1S/C21H27N5O2/c27-20(16-7-3-1-4-8-16)22-15-19-24-23-18-11-12-25(13-14-26(18)19)21(28)17-9-5-2-6-10-17/h1,3-4,7-8,17H,2,5-6,9-15H2,(H,22,27). The molecule has 2 aromatic rings. The second kappa shape index (κ2) is 8.54. The van der Waals surface area contributed by atoms with E-state index in [-0.39, 0.29) is 11.8 Å². The van der Waals surface area contributed by atoms with Crippen molar-refractivity contribution in [1.82, 2.24) is 25.0 Å². The first-order valence-electron chi connectivity index (χ1n) is 10.3. The number of amides is 2.